The highest BCUT2D eigenvalue weighted by atomic mass is 19.1. The zero-order chi connectivity index (χ0) is 11.6. The molecule has 1 aromatic carbocycles. The molecule has 4 heteroatoms. The molecule has 15 heavy (non-hydrogen) atoms. The number of anilines is 2. The fourth-order valence-corrected chi connectivity index (χ4v) is 1.08. The molecule has 1 aromatic rings. The Balaban J connectivity index is 2.90. The van der Waals surface area contributed by atoms with Crippen LogP contribution in [-0.4, -0.2) is 16.7 Å². The van der Waals surface area contributed by atoms with E-state index in [-0.39, 0.29) is 0 Å². The van der Waals surface area contributed by atoms with Gasteiger partial charge in [-0.15, -0.1) is 0 Å². The SMILES string of the molecule is CC(O)C(C)(C)Nc1ccc(N)cc1F. The summed E-state index contributed by atoms with van der Waals surface area (Å²) in [5.74, 6) is -0.413. The molecule has 1 atom stereocenters. The van der Waals surface area contributed by atoms with Crippen LogP contribution in [0.4, 0.5) is 15.8 Å². The maximum Gasteiger partial charge on any atom is 0.148 e. The topological polar surface area (TPSA) is 58.3 Å². The van der Waals surface area contributed by atoms with Gasteiger partial charge >= 0.3 is 0 Å². The molecule has 4 N–H and O–H groups in total. The summed E-state index contributed by atoms with van der Waals surface area (Å²) < 4.78 is 13.4. The second kappa shape index (κ2) is 4.06. The van der Waals surface area contributed by atoms with Gasteiger partial charge in [0.25, 0.3) is 0 Å². The lowest BCUT2D eigenvalue weighted by Crippen LogP contribution is -2.42. The van der Waals surface area contributed by atoms with E-state index < -0.39 is 17.5 Å². The summed E-state index contributed by atoms with van der Waals surface area (Å²) >= 11 is 0. The molecule has 0 saturated heterocycles. The molecule has 0 radical (unpaired) electrons. The molecule has 0 spiro atoms. The van der Waals surface area contributed by atoms with Crippen LogP contribution in [0, 0.1) is 5.82 Å². The minimum atomic E-state index is -0.588. The zero-order valence-electron chi connectivity index (χ0n) is 9.21. The van der Waals surface area contributed by atoms with Crippen molar-refractivity contribution >= 4 is 11.4 Å². The third-order valence-corrected chi connectivity index (χ3v) is 2.49. The first kappa shape index (κ1) is 11.8. The van der Waals surface area contributed by atoms with Crippen molar-refractivity contribution in [2.75, 3.05) is 11.1 Å². The molecule has 0 aliphatic carbocycles. The summed E-state index contributed by atoms with van der Waals surface area (Å²) in [6.45, 7) is 5.25. The molecule has 0 amide bonds. The fourth-order valence-electron chi connectivity index (χ4n) is 1.08. The van der Waals surface area contributed by atoms with Crippen LogP contribution in [0.5, 0.6) is 0 Å². The van der Waals surface area contributed by atoms with Gasteiger partial charge in [-0.05, 0) is 39.0 Å². The highest BCUT2D eigenvalue weighted by Gasteiger charge is 2.24. The van der Waals surface area contributed by atoms with E-state index in [0.717, 1.165) is 0 Å². The van der Waals surface area contributed by atoms with Crippen LogP contribution in [0.1, 0.15) is 20.8 Å². The van der Waals surface area contributed by atoms with Crippen molar-refractivity contribution in [2.24, 2.45) is 0 Å². The van der Waals surface area contributed by atoms with Gasteiger partial charge in [-0.3, -0.25) is 0 Å². The van der Waals surface area contributed by atoms with Gasteiger partial charge < -0.3 is 16.2 Å². The molecule has 0 aromatic heterocycles. The Bertz CT molecular complexity index is 350. The number of nitrogens with one attached hydrogen (secondary N) is 1. The monoisotopic (exact) mass is 212 g/mol. The van der Waals surface area contributed by atoms with Crippen LogP contribution in [0.2, 0.25) is 0 Å². The first-order chi connectivity index (χ1) is 6.83. The van der Waals surface area contributed by atoms with Crippen LogP contribution in [-0.2, 0) is 0 Å². The summed E-state index contributed by atoms with van der Waals surface area (Å²) in [5, 5.41) is 12.4. The van der Waals surface area contributed by atoms with Gasteiger partial charge in [0.2, 0.25) is 0 Å². The number of hydrogen-bond acceptors (Lipinski definition) is 3. The number of halogens is 1. The number of aliphatic hydroxyl groups excluding tert-OH is 1. The summed E-state index contributed by atoms with van der Waals surface area (Å²) in [5.41, 5.74) is 5.57. The average Bonchev–Trinajstić information content (AvgIpc) is 2.09. The number of benzene rings is 1. The predicted octanol–water partition coefficient (Wildman–Crippen LogP) is 1.98. The second-order valence-corrected chi connectivity index (χ2v) is 4.26. The third kappa shape index (κ3) is 2.83. The fraction of sp³-hybridized carbons (Fsp3) is 0.455. The molecular formula is C11H17FN2O. The van der Waals surface area contributed by atoms with Crippen LogP contribution in [0.15, 0.2) is 18.2 Å². The Labute approximate surface area is 89.1 Å². The largest absolute Gasteiger partial charge is 0.399 e. The van der Waals surface area contributed by atoms with Crippen molar-refractivity contribution < 1.29 is 9.50 Å². The highest BCUT2D eigenvalue weighted by molar-refractivity contribution is 5.53. The first-order valence-corrected chi connectivity index (χ1v) is 4.84. The van der Waals surface area contributed by atoms with Crippen LogP contribution < -0.4 is 11.1 Å². The minimum Gasteiger partial charge on any atom is -0.399 e. The van der Waals surface area contributed by atoms with Crippen molar-refractivity contribution in [1.82, 2.24) is 0 Å². The highest BCUT2D eigenvalue weighted by Crippen LogP contribution is 2.22. The predicted molar refractivity (Wildman–Crippen MR) is 60.2 cm³/mol. The average molecular weight is 212 g/mol. The number of nitrogen functional groups attached to an aromatic ring is 1. The molecule has 1 unspecified atom stereocenters. The quantitative estimate of drug-likeness (QED) is 0.671. The first-order valence-electron chi connectivity index (χ1n) is 4.84. The molecule has 0 bridgehead atoms. The number of nitrogens with two attached hydrogens (primary N) is 1. The number of aliphatic hydroxyl groups is 1. The number of hydrogen-bond donors (Lipinski definition) is 3. The second-order valence-electron chi connectivity index (χ2n) is 4.26. The Kier molecular flexibility index (Phi) is 3.19. The molecule has 0 fully saturated rings. The smallest absolute Gasteiger partial charge is 0.148 e. The van der Waals surface area contributed by atoms with E-state index >= 15 is 0 Å². The standard InChI is InChI=1S/C11H17FN2O/c1-7(15)11(2,3)14-10-5-4-8(13)6-9(10)12/h4-7,14-15H,13H2,1-3H3. The lowest BCUT2D eigenvalue weighted by Gasteiger charge is -2.30. The van der Waals surface area contributed by atoms with E-state index in [1.807, 2.05) is 0 Å². The number of rotatable bonds is 3. The van der Waals surface area contributed by atoms with Crippen molar-refractivity contribution in [3.8, 4) is 0 Å². The van der Waals surface area contributed by atoms with Crippen LogP contribution in [0.3, 0.4) is 0 Å². The molecular weight excluding hydrogens is 195 g/mol. The van der Waals surface area contributed by atoms with Gasteiger partial charge in [0, 0.05) is 5.69 Å². The Morgan fingerprint density at radius 2 is 2.07 bits per heavy atom. The summed E-state index contributed by atoms with van der Waals surface area (Å²) in [4.78, 5) is 0. The Morgan fingerprint density at radius 3 is 2.53 bits per heavy atom. The molecule has 0 aliphatic rings. The summed E-state index contributed by atoms with van der Waals surface area (Å²) in [7, 11) is 0. The van der Waals surface area contributed by atoms with Crippen LogP contribution in [0.25, 0.3) is 0 Å². The summed E-state index contributed by atoms with van der Waals surface area (Å²) in [6.07, 6.45) is -0.588. The minimum absolute atomic E-state index is 0.343. The van der Waals surface area contributed by atoms with Gasteiger partial charge in [-0.1, -0.05) is 0 Å². The van der Waals surface area contributed by atoms with E-state index in [4.69, 9.17) is 5.73 Å². The lowest BCUT2D eigenvalue weighted by molar-refractivity contribution is 0.133. The van der Waals surface area contributed by atoms with Gasteiger partial charge in [0.15, 0.2) is 0 Å². The van der Waals surface area contributed by atoms with Crippen molar-refractivity contribution in [1.29, 1.82) is 0 Å². The van der Waals surface area contributed by atoms with Crippen LogP contribution >= 0.6 is 0 Å². The Morgan fingerprint density at radius 1 is 1.47 bits per heavy atom. The van der Waals surface area contributed by atoms with E-state index in [1.165, 1.54) is 6.07 Å². The van der Waals surface area contributed by atoms with Gasteiger partial charge in [0.05, 0.1) is 17.3 Å². The van der Waals surface area contributed by atoms with Crippen molar-refractivity contribution in [3.05, 3.63) is 24.0 Å². The van der Waals surface area contributed by atoms with Gasteiger partial charge in [-0.25, -0.2) is 4.39 Å². The molecule has 0 heterocycles. The lowest BCUT2D eigenvalue weighted by atomic mass is 9.98. The third-order valence-electron chi connectivity index (χ3n) is 2.49. The van der Waals surface area contributed by atoms with E-state index in [1.54, 1.807) is 32.9 Å². The summed E-state index contributed by atoms with van der Waals surface area (Å²) in [6, 6.07) is 4.43. The molecule has 0 aliphatic heterocycles. The molecule has 84 valence electrons. The molecule has 1 rings (SSSR count). The van der Waals surface area contributed by atoms with Gasteiger partial charge in [-0.2, -0.15) is 0 Å². The van der Waals surface area contributed by atoms with Crippen molar-refractivity contribution in [3.63, 3.8) is 0 Å². The van der Waals surface area contributed by atoms with E-state index in [0.29, 0.717) is 11.4 Å². The Hall–Kier alpha value is -1.29. The maximum atomic E-state index is 13.4. The van der Waals surface area contributed by atoms with Gasteiger partial charge in [0.1, 0.15) is 5.82 Å². The van der Waals surface area contributed by atoms with Crippen molar-refractivity contribution in [2.45, 2.75) is 32.4 Å². The van der Waals surface area contributed by atoms with E-state index in [2.05, 4.69) is 5.32 Å². The zero-order valence-corrected chi connectivity index (χ0v) is 9.21. The maximum absolute atomic E-state index is 13.4. The molecule has 0 saturated carbocycles. The van der Waals surface area contributed by atoms with E-state index in [9.17, 15) is 9.50 Å². The normalized spacial score (nSPS) is 13.7. The molecule has 3 nitrogen and oxygen atoms in total.